The maximum Gasteiger partial charge on any atom is 0.214 e. The Morgan fingerprint density at radius 2 is 2.20 bits per heavy atom. The molecule has 2 atom stereocenters. The van der Waals surface area contributed by atoms with Crippen LogP contribution in [0.4, 0.5) is 0 Å². The van der Waals surface area contributed by atoms with Crippen LogP contribution in [0.15, 0.2) is 0 Å². The molecule has 0 spiro atoms. The summed E-state index contributed by atoms with van der Waals surface area (Å²) in [5.41, 5.74) is 5.65. The van der Waals surface area contributed by atoms with E-state index >= 15 is 0 Å². The van der Waals surface area contributed by atoms with Crippen molar-refractivity contribution in [3.63, 3.8) is 0 Å². The zero-order valence-corrected chi connectivity index (χ0v) is 10.5. The first kappa shape index (κ1) is 12.9. The summed E-state index contributed by atoms with van der Waals surface area (Å²) < 4.78 is 25.2. The van der Waals surface area contributed by atoms with Crippen molar-refractivity contribution < 1.29 is 8.42 Å². The SMILES string of the molecule is CCCCC(CN)N1CC(C)CS1(=O)=O. The molecular formula is C10H22N2O2S. The van der Waals surface area contributed by atoms with E-state index in [0.29, 0.717) is 13.1 Å². The fourth-order valence-corrected chi connectivity index (χ4v) is 4.27. The lowest BCUT2D eigenvalue weighted by molar-refractivity contribution is 0.306. The predicted octanol–water partition coefficient (Wildman–Crippen LogP) is 0.785. The smallest absolute Gasteiger partial charge is 0.214 e. The lowest BCUT2D eigenvalue weighted by Gasteiger charge is -2.25. The Balaban J connectivity index is 2.67. The van der Waals surface area contributed by atoms with Crippen molar-refractivity contribution in [1.82, 2.24) is 4.31 Å². The van der Waals surface area contributed by atoms with Crippen molar-refractivity contribution in [3.8, 4) is 0 Å². The monoisotopic (exact) mass is 234 g/mol. The zero-order valence-electron chi connectivity index (χ0n) is 9.65. The molecule has 1 heterocycles. The zero-order chi connectivity index (χ0) is 11.5. The van der Waals surface area contributed by atoms with Crippen molar-refractivity contribution >= 4 is 10.0 Å². The van der Waals surface area contributed by atoms with E-state index in [1.165, 1.54) is 0 Å². The summed E-state index contributed by atoms with van der Waals surface area (Å²) in [4.78, 5) is 0. The van der Waals surface area contributed by atoms with E-state index in [-0.39, 0.29) is 17.7 Å². The highest BCUT2D eigenvalue weighted by Gasteiger charge is 2.37. The molecule has 2 unspecified atom stereocenters. The topological polar surface area (TPSA) is 63.4 Å². The normalized spacial score (nSPS) is 28.1. The average molecular weight is 234 g/mol. The van der Waals surface area contributed by atoms with E-state index in [0.717, 1.165) is 19.3 Å². The Morgan fingerprint density at radius 1 is 1.53 bits per heavy atom. The number of nitrogens with two attached hydrogens (primary N) is 1. The van der Waals surface area contributed by atoms with Gasteiger partial charge in [0.15, 0.2) is 0 Å². The molecule has 0 bridgehead atoms. The van der Waals surface area contributed by atoms with Crippen LogP contribution >= 0.6 is 0 Å². The molecule has 1 rings (SSSR count). The maximum absolute atomic E-state index is 11.8. The van der Waals surface area contributed by atoms with E-state index in [9.17, 15) is 8.42 Å². The van der Waals surface area contributed by atoms with Crippen molar-refractivity contribution in [2.45, 2.75) is 39.2 Å². The van der Waals surface area contributed by atoms with Gasteiger partial charge in [-0.3, -0.25) is 0 Å². The molecule has 5 heteroatoms. The summed E-state index contributed by atoms with van der Waals surface area (Å²) in [5, 5.41) is 0. The standard InChI is InChI=1S/C10H22N2O2S/c1-3-4-5-10(6-11)12-7-9(2)8-15(12,13)14/h9-10H,3-8,11H2,1-2H3. The molecule has 90 valence electrons. The Labute approximate surface area is 92.9 Å². The van der Waals surface area contributed by atoms with Crippen LogP contribution < -0.4 is 5.73 Å². The van der Waals surface area contributed by atoms with Crippen LogP contribution in [0, 0.1) is 5.92 Å². The number of unbranched alkanes of at least 4 members (excludes halogenated alkanes) is 1. The van der Waals surface area contributed by atoms with Crippen LogP contribution in [-0.2, 0) is 10.0 Å². The molecular weight excluding hydrogens is 212 g/mol. The molecule has 1 aliphatic heterocycles. The Hall–Kier alpha value is -0.130. The van der Waals surface area contributed by atoms with Gasteiger partial charge in [-0.1, -0.05) is 26.7 Å². The van der Waals surface area contributed by atoms with Gasteiger partial charge in [0.25, 0.3) is 0 Å². The summed E-state index contributed by atoms with van der Waals surface area (Å²) >= 11 is 0. The summed E-state index contributed by atoms with van der Waals surface area (Å²) in [6, 6.07) is 0.0138. The molecule has 15 heavy (non-hydrogen) atoms. The van der Waals surface area contributed by atoms with Gasteiger partial charge in [0.1, 0.15) is 0 Å². The second kappa shape index (κ2) is 5.27. The van der Waals surface area contributed by atoms with Crippen LogP contribution in [0.25, 0.3) is 0 Å². The third-order valence-electron chi connectivity index (χ3n) is 2.91. The molecule has 4 nitrogen and oxygen atoms in total. The number of hydrogen-bond donors (Lipinski definition) is 1. The highest BCUT2D eigenvalue weighted by molar-refractivity contribution is 7.89. The van der Waals surface area contributed by atoms with E-state index < -0.39 is 10.0 Å². The second-order valence-corrected chi connectivity index (χ2v) is 6.45. The van der Waals surface area contributed by atoms with E-state index in [1.807, 2.05) is 6.92 Å². The van der Waals surface area contributed by atoms with Gasteiger partial charge in [-0.25, -0.2) is 8.42 Å². The fourth-order valence-electron chi connectivity index (χ4n) is 2.12. The second-order valence-electron chi connectivity index (χ2n) is 4.49. The molecule has 1 fully saturated rings. The first-order valence-electron chi connectivity index (χ1n) is 5.70. The minimum absolute atomic E-state index is 0.0138. The molecule has 0 radical (unpaired) electrons. The highest BCUT2D eigenvalue weighted by Crippen LogP contribution is 2.23. The van der Waals surface area contributed by atoms with Crippen LogP contribution in [0.3, 0.4) is 0 Å². The van der Waals surface area contributed by atoms with Gasteiger partial charge in [-0.2, -0.15) is 4.31 Å². The van der Waals surface area contributed by atoms with Gasteiger partial charge in [-0.15, -0.1) is 0 Å². The molecule has 0 aromatic rings. The van der Waals surface area contributed by atoms with Gasteiger partial charge in [0.05, 0.1) is 5.75 Å². The summed E-state index contributed by atoms with van der Waals surface area (Å²) in [5.74, 6) is 0.529. The van der Waals surface area contributed by atoms with Gasteiger partial charge in [0.2, 0.25) is 10.0 Å². The Morgan fingerprint density at radius 3 is 2.60 bits per heavy atom. The van der Waals surface area contributed by atoms with Crippen molar-refractivity contribution in [2.24, 2.45) is 11.7 Å². The quantitative estimate of drug-likeness (QED) is 0.765. The molecule has 0 saturated carbocycles. The highest BCUT2D eigenvalue weighted by atomic mass is 32.2. The third-order valence-corrected chi connectivity index (χ3v) is 5.07. The van der Waals surface area contributed by atoms with Gasteiger partial charge in [0, 0.05) is 19.1 Å². The minimum Gasteiger partial charge on any atom is -0.329 e. The van der Waals surface area contributed by atoms with Gasteiger partial charge in [-0.05, 0) is 12.3 Å². The van der Waals surface area contributed by atoms with Gasteiger partial charge < -0.3 is 5.73 Å². The lowest BCUT2D eigenvalue weighted by atomic mass is 10.1. The summed E-state index contributed by atoms with van der Waals surface area (Å²) in [7, 11) is -3.02. The van der Waals surface area contributed by atoms with Crippen LogP contribution in [0.5, 0.6) is 0 Å². The van der Waals surface area contributed by atoms with E-state index in [1.54, 1.807) is 4.31 Å². The largest absolute Gasteiger partial charge is 0.329 e. The fraction of sp³-hybridized carbons (Fsp3) is 1.00. The number of sulfonamides is 1. The van der Waals surface area contributed by atoms with Gasteiger partial charge >= 0.3 is 0 Å². The summed E-state index contributed by atoms with van der Waals surface area (Å²) in [6.45, 7) is 5.17. The lowest BCUT2D eigenvalue weighted by Crippen LogP contribution is -2.41. The molecule has 0 amide bonds. The third kappa shape index (κ3) is 3.16. The number of rotatable bonds is 5. The van der Waals surface area contributed by atoms with Crippen molar-refractivity contribution in [3.05, 3.63) is 0 Å². The predicted molar refractivity (Wildman–Crippen MR) is 62.0 cm³/mol. The van der Waals surface area contributed by atoms with Crippen molar-refractivity contribution in [1.29, 1.82) is 0 Å². The molecule has 2 N–H and O–H groups in total. The van der Waals surface area contributed by atoms with E-state index in [2.05, 4.69) is 6.92 Å². The van der Waals surface area contributed by atoms with Crippen LogP contribution in [0.2, 0.25) is 0 Å². The van der Waals surface area contributed by atoms with Crippen molar-refractivity contribution in [2.75, 3.05) is 18.8 Å². The van der Waals surface area contributed by atoms with Crippen LogP contribution in [-0.4, -0.2) is 37.6 Å². The maximum atomic E-state index is 11.8. The first-order chi connectivity index (χ1) is 7.01. The molecule has 1 aliphatic rings. The molecule has 0 aliphatic carbocycles. The van der Waals surface area contributed by atoms with Crippen LogP contribution in [0.1, 0.15) is 33.1 Å². The Bertz CT molecular complexity index is 290. The molecule has 0 aromatic carbocycles. The Kier molecular flexibility index (Phi) is 4.55. The van der Waals surface area contributed by atoms with E-state index in [4.69, 9.17) is 5.73 Å². The first-order valence-corrected chi connectivity index (χ1v) is 7.31. The molecule has 1 saturated heterocycles. The number of hydrogen-bond acceptors (Lipinski definition) is 3. The summed E-state index contributed by atoms with van der Waals surface area (Å²) in [6.07, 6.45) is 3.02. The average Bonchev–Trinajstić information content (AvgIpc) is 2.41. The minimum atomic E-state index is -3.02. The molecule has 0 aromatic heterocycles. The number of nitrogens with zero attached hydrogens (tertiary/aromatic N) is 1.